The average molecular weight is 424 g/mol. The third kappa shape index (κ3) is 13.7. The Kier molecular flexibility index (Phi) is 16.1. The van der Waals surface area contributed by atoms with Crippen molar-refractivity contribution in [3.8, 4) is 0 Å². The minimum absolute atomic E-state index is 0.137. The molecule has 0 heterocycles. The van der Waals surface area contributed by atoms with E-state index in [1.807, 2.05) is 0 Å². The van der Waals surface area contributed by atoms with Gasteiger partial charge in [-0.3, -0.25) is 0 Å². The Morgan fingerprint density at radius 3 is 0.773 bits per heavy atom. The Morgan fingerprint density at radius 1 is 0.591 bits per heavy atom. The van der Waals surface area contributed by atoms with Gasteiger partial charge in [0.25, 0.3) is 0 Å². The molecule has 22 heavy (non-hydrogen) atoms. The minimum atomic E-state index is -0.391. The monoisotopic (exact) mass is 424 g/mol. The van der Waals surface area contributed by atoms with Gasteiger partial charge in [0.2, 0.25) is 0 Å². The van der Waals surface area contributed by atoms with Gasteiger partial charge in [-0.15, -0.1) is 0 Å². The maximum atomic E-state index is 4.70. The molecule has 0 aromatic heterocycles. The van der Waals surface area contributed by atoms with Gasteiger partial charge in [-0.25, -0.2) is 0 Å². The van der Waals surface area contributed by atoms with Crippen LogP contribution in [0.2, 0.25) is 33.2 Å². The van der Waals surface area contributed by atoms with E-state index in [1.165, 1.54) is 18.1 Å². The van der Waals surface area contributed by atoms with E-state index in [0.717, 1.165) is 15.6 Å². The van der Waals surface area contributed by atoms with Gasteiger partial charge in [0.1, 0.15) is 0 Å². The van der Waals surface area contributed by atoms with E-state index in [1.54, 1.807) is 0 Å². The summed E-state index contributed by atoms with van der Waals surface area (Å²) in [6.07, 6.45) is 0. The summed E-state index contributed by atoms with van der Waals surface area (Å²) >= 11 is 1.16. The summed E-state index contributed by atoms with van der Waals surface area (Å²) in [5, 5.41) is 1.46. The average Bonchev–Trinajstić information content (AvgIpc) is 2.28. The molecule has 0 aliphatic heterocycles. The second kappa shape index (κ2) is 12.6. The van der Waals surface area contributed by atoms with Crippen LogP contribution in [-0.2, 0) is 0 Å². The predicted octanol–water partition coefficient (Wildman–Crippen LogP) is 7.46. The van der Waals surface area contributed by atoms with E-state index in [2.05, 4.69) is 83.1 Å². The Labute approximate surface area is 159 Å². The van der Waals surface area contributed by atoms with Crippen molar-refractivity contribution in [2.45, 2.75) is 116 Å². The zero-order valence-electron chi connectivity index (χ0n) is 17.6. The van der Waals surface area contributed by atoms with Crippen LogP contribution in [0.5, 0.6) is 0 Å². The Bertz CT molecular complexity index is 206. The van der Waals surface area contributed by atoms with Crippen molar-refractivity contribution in [3.63, 3.8) is 0 Å². The summed E-state index contributed by atoms with van der Waals surface area (Å²) < 4.78 is 0. The first kappa shape index (κ1) is 28.1. The molecule has 4 heteroatoms. The molecule has 0 saturated heterocycles. The normalized spacial score (nSPS) is 12.5. The van der Waals surface area contributed by atoms with Crippen molar-refractivity contribution in [2.75, 3.05) is 0 Å². The van der Waals surface area contributed by atoms with Crippen LogP contribution in [0.3, 0.4) is 0 Å². The van der Waals surface area contributed by atoms with Crippen LogP contribution in [-0.4, -0.2) is 33.2 Å². The first-order valence-corrected chi connectivity index (χ1v) is 15.5. The predicted molar refractivity (Wildman–Crippen MR) is 115 cm³/mol. The van der Waals surface area contributed by atoms with Gasteiger partial charge in [-0.05, 0) is 15.1 Å². The second-order valence-electron chi connectivity index (χ2n) is 8.94. The third-order valence-corrected chi connectivity index (χ3v) is 11.2. The van der Waals surface area contributed by atoms with Crippen molar-refractivity contribution in [1.82, 2.24) is 0 Å². The quantitative estimate of drug-likeness (QED) is 0.413. The standard InChI is InChI=1S/C12H27Si.C6H15Si.ClGeH/c1-10(2,3)13(11(4,5)6)12(7,8)9;1-4-7(5-2)6-3;1-2/h1-9H3;4-6H2,1-3H3;2H. The molecule has 0 saturated carbocycles. The topological polar surface area (TPSA) is 0 Å². The van der Waals surface area contributed by atoms with Gasteiger partial charge in [0, 0.05) is 8.80 Å². The molecule has 0 N–H and O–H groups in total. The van der Waals surface area contributed by atoms with Crippen molar-refractivity contribution >= 4 is 43.2 Å². The van der Waals surface area contributed by atoms with Gasteiger partial charge in [-0.2, -0.15) is 0 Å². The molecular weight excluding hydrogens is 380 g/mol. The second-order valence-corrected chi connectivity index (χ2v) is 17.8. The van der Waals surface area contributed by atoms with Gasteiger partial charge in [0.15, 0.2) is 0 Å². The molecule has 0 aliphatic carbocycles. The van der Waals surface area contributed by atoms with Crippen molar-refractivity contribution in [2.24, 2.45) is 0 Å². The van der Waals surface area contributed by atoms with E-state index in [4.69, 9.17) is 10.0 Å². The molecular formula is C18H43ClGeSi2. The summed E-state index contributed by atoms with van der Waals surface area (Å²) in [6, 6.07) is 4.37. The first-order valence-electron chi connectivity index (χ1n) is 8.65. The fourth-order valence-corrected chi connectivity index (χ4v) is 12.4. The molecule has 0 aromatic carbocycles. The SMILES string of the molecule is CC(C)(C)[Si](C(C)(C)C)C(C)(C)C.CC[Si](CC)CC.[Cl][GeH]. The third-order valence-electron chi connectivity index (χ3n) is 3.75. The number of halogens is 1. The van der Waals surface area contributed by atoms with E-state index < -0.39 is 8.80 Å². The van der Waals surface area contributed by atoms with Crippen LogP contribution in [0.25, 0.3) is 0 Å². The van der Waals surface area contributed by atoms with E-state index >= 15 is 0 Å². The van der Waals surface area contributed by atoms with Crippen LogP contribution < -0.4 is 0 Å². The molecule has 4 radical (unpaired) electrons. The summed E-state index contributed by atoms with van der Waals surface area (Å²) in [5.41, 5.74) is 0. The number of hydrogen-bond donors (Lipinski definition) is 0. The molecule has 0 bridgehead atoms. The first-order chi connectivity index (χ1) is 9.71. The summed E-state index contributed by atoms with van der Waals surface area (Å²) in [6.45, 7) is 28.5. The van der Waals surface area contributed by atoms with Gasteiger partial charge in [-0.1, -0.05) is 101 Å². The van der Waals surface area contributed by atoms with Gasteiger partial charge >= 0.3 is 25.6 Å². The molecule has 0 aromatic rings. The fourth-order valence-electron chi connectivity index (χ4n) is 4.12. The fraction of sp³-hybridized carbons (Fsp3) is 1.00. The zero-order valence-corrected chi connectivity index (χ0v) is 22.8. The van der Waals surface area contributed by atoms with Crippen LogP contribution in [0, 0.1) is 0 Å². The molecule has 0 nitrogen and oxygen atoms in total. The Morgan fingerprint density at radius 2 is 0.773 bits per heavy atom. The van der Waals surface area contributed by atoms with E-state index in [9.17, 15) is 0 Å². The number of hydrogen-bond acceptors (Lipinski definition) is 0. The maximum absolute atomic E-state index is 4.70. The van der Waals surface area contributed by atoms with Crippen molar-refractivity contribution < 1.29 is 0 Å². The van der Waals surface area contributed by atoms with E-state index in [-0.39, 0.29) is 8.80 Å². The molecule has 0 unspecified atom stereocenters. The molecule has 0 aliphatic rings. The van der Waals surface area contributed by atoms with E-state index in [0.29, 0.717) is 15.1 Å². The van der Waals surface area contributed by atoms with Crippen LogP contribution in [0.15, 0.2) is 0 Å². The van der Waals surface area contributed by atoms with Gasteiger partial charge < -0.3 is 0 Å². The van der Waals surface area contributed by atoms with Crippen LogP contribution in [0.4, 0.5) is 0 Å². The van der Waals surface area contributed by atoms with Crippen LogP contribution in [0.1, 0.15) is 83.1 Å². The molecule has 0 fully saturated rings. The number of rotatable bonds is 3. The summed E-state index contributed by atoms with van der Waals surface area (Å²) in [7, 11) is 4.45. The van der Waals surface area contributed by atoms with Crippen molar-refractivity contribution in [3.05, 3.63) is 0 Å². The zero-order chi connectivity index (χ0) is 18.8. The Balaban J connectivity index is -0.000000339. The molecule has 0 atom stereocenters. The molecule has 134 valence electrons. The van der Waals surface area contributed by atoms with Crippen LogP contribution >= 0.6 is 10.0 Å². The molecule has 0 amide bonds. The molecule has 0 rings (SSSR count). The summed E-state index contributed by atoms with van der Waals surface area (Å²) in [5.74, 6) is 0. The van der Waals surface area contributed by atoms with Gasteiger partial charge in [0.05, 0.1) is 8.80 Å². The van der Waals surface area contributed by atoms with Crippen molar-refractivity contribution in [1.29, 1.82) is 0 Å². The summed E-state index contributed by atoms with van der Waals surface area (Å²) in [4.78, 5) is 0. The Hall–Kier alpha value is 1.27. The molecule has 0 spiro atoms.